The number of thiophene rings is 1. The molecule has 4 rings (SSSR count). The molecule has 1 unspecified atom stereocenters. The Labute approximate surface area is 121 Å². The smallest absolute Gasteiger partial charge is 0.226 e. The minimum atomic E-state index is 0.105. The second-order valence-electron chi connectivity index (χ2n) is 5.69. The Kier molecular flexibility index (Phi) is 2.88. The van der Waals surface area contributed by atoms with Crippen LogP contribution in [0.2, 0.25) is 0 Å². The Morgan fingerprint density at radius 2 is 2.20 bits per heavy atom. The first-order chi connectivity index (χ1) is 9.83. The van der Waals surface area contributed by atoms with E-state index in [0.29, 0.717) is 12.5 Å². The van der Waals surface area contributed by atoms with E-state index in [0.717, 1.165) is 5.82 Å². The Morgan fingerprint density at radius 3 is 2.95 bits per heavy atom. The molecule has 5 heteroatoms. The van der Waals surface area contributed by atoms with Gasteiger partial charge in [0.15, 0.2) is 0 Å². The lowest BCUT2D eigenvalue weighted by atomic mass is 9.89. The van der Waals surface area contributed by atoms with E-state index in [1.165, 1.54) is 36.8 Å². The predicted molar refractivity (Wildman–Crippen MR) is 79.1 cm³/mol. The largest absolute Gasteiger partial charge is 0.311 e. The molecule has 20 heavy (non-hydrogen) atoms. The van der Waals surface area contributed by atoms with Crippen molar-refractivity contribution in [3.8, 4) is 0 Å². The van der Waals surface area contributed by atoms with Gasteiger partial charge in [-0.1, -0.05) is 12.8 Å². The molecule has 0 bridgehead atoms. The number of carbonyl (C=O) groups is 1. The van der Waals surface area contributed by atoms with E-state index in [2.05, 4.69) is 31.9 Å². The molecule has 0 spiro atoms. The zero-order valence-corrected chi connectivity index (χ0v) is 12.0. The van der Waals surface area contributed by atoms with Crippen molar-refractivity contribution in [3.63, 3.8) is 0 Å². The van der Waals surface area contributed by atoms with Crippen LogP contribution in [0.5, 0.6) is 0 Å². The third-order valence-corrected chi connectivity index (χ3v) is 5.16. The molecular formula is C15H17N3OS. The molecule has 1 saturated carbocycles. The van der Waals surface area contributed by atoms with Crippen molar-refractivity contribution in [2.24, 2.45) is 0 Å². The van der Waals surface area contributed by atoms with Gasteiger partial charge in [-0.05, 0) is 35.2 Å². The van der Waals surface area contributed by atoms with Crippen LogP contribution in [0.15, 0.2) is 23.0 Å². The quantitative estimate of drug-likeness (QED) is 0.918. The average Bonchev–Trinajstić information content (AvgIpc) is 3.18. The van der Waals surface area contributed by atoms with Crippen LogP contribution in [0.25, 0.3) is 0 Å². The third-order valence-electron chi connectivity index (χ3n) is 4.46. The summed E-state index contributed by atoms with van der Waals surface area (Å²) < 4.78 is 2.05. The summed E-state index contributed by atoms with van der Waals surface area (Å²) in [6.45, 7) is 0. The Balaban J connectivity index is 1.76. The first-order valence-electron chi connectivity index (χ1n) is 7.22. The zero-order chi connectivity index (χ0) is 13.5. The Hall–Kier alpha value is -1.62. The second kappa shape index (κ2) is 4.74. The summed E-state index contributed by atoms with van der Waals surface area (Å²) in [7, 11) is 0. The van der Waals surface area contributed by atoms with E-state index >= 15 is 0 Å². The van der Waals surface area contributed by atoms with Crippen LogP contribution in [0.3, 0.4) is 0 Å². The molecule has 1 N–H and O–H groups in total. The molecule has 0 radical (unpaired) electrons. The summed E-state index contributed by atoms with van der Waals surface area (Å²) in [4.78, 5) is 12.0. The number of nitrogens with zero attached hydrogens (tertiary/aromatic N) is 2. The number of hydrogen-bond acceptors (Lipinski definition) is 3. The number of amides is 1. The average molecular weight is 287 g/mol. The summed E-state index contributed by atoms with van der Waals surface area (Å²) in [6.07, 6.45) is 7.36. The molecule has 104 valence electrons. The topological polar surface area (TPSA) is 46.9 Å². The first kappa shape index (κ1) is 12.1. The summed E-state index contributed by atoms with van der Waals surface area (Å²) in [5.41, 5.74) is 2.41. The highest BCUT2D eigenvalue weighted by Gasteiger charge is 2.32. The molecule has 1 aliphatic heterocycles. The summed E-state index contributed by atoms with van der Waals surface area (Å²) in [5.74, 6) is 1.21. The number of fused-ring (bicyclic) bond motifs is 1. The van der Waals surface area contributed by atoms with Gasteiger partial charge in [0, 0.05) is 17.9 Å². The molecule has 2 aliphatic rings. The van der Waals surface area contributed by atoms with Crippen LogP contribution in [0.4, 0.5) is 5.82 Å². The summed E-state index contributed by atoms with van der Waals surface area (Å²) in [5, 5.41) is 11.8. The van der Waals surface area contributed by atoms with E-state index in [4.69, 9.17) is 0 Å². The lowest BCUT2D eigenvalue weighted by molar-refractivity contribution is -0.116. The Morgan fingerprint density at radius 1 is 1.35 bits per heavy atom. The highest BCUT2D eigenvalue weighted by atomic mass is 32.1. The first-order valence-corrected chi connectivity index (χ1v) is 8.16. The molecular weight excluding hydrogens is 270 g/mol. The normalized spacial score (nSPS) is 22.8. The van der Waals surface area contributed by atoms with Crippen LogP contribution < -0.4 is 5.32 Å². The van der Waals surface area contributed by atoms with Gasteiger partial charge < -0.3 is 5.32 Å². The monoisotopic (exact) mass is 287 g/mol. The van der Waals surface area contributed by atoms with Gasteiger partial charge in [-0.15, -0.1) is 0 Å². The van der Waals surface area contributed by atoms with Crippen molar-refractivity contribution in [2.75, 3.05) is 5.32 Å². The van der Waals surface area contributed by atoms with Gasteiger partial charge in [0.2, 0.25) is 5.91 Å². The number of nitrogens with one attached hydrogen (secondary N) is 1. The summed E-state index contributed by atoms with van der Waals surface area (Å²) >= 11 is 1.68. The Bertz CT molecular complexity index is 626. The molecule has 1 aliphatic carbocycles. The minimum absolute atomic E-state index is 0.105. The van der Waals surface area contributed by atoms with Crippen LogP contribution in [0.1, 0.15) is 55.2 Å². The molecule has 2 aromatic heterocycles. The third kappa shape index (κ3) is 1.88. The fourth-order valence-corrected chi connectivity index (χ4v) is 4.15. The molecule has 1 atom stereocenters. The van der Waals surface area contributed by atoms with Crippen LogP contribution >= 0.6 is 11.3 Å². The molecule has 4 nitrogen and oxygen atoms in total. The van der Waals surface area contributed by atoms with Crippen molar-refractivity contribution in [2.45, 2.75) is 44.1 Å². The molecule has 1 fully saturated rings. The SMILES string of the molecule is O=C1CC(c2ccsc2)c2cnn(C3CCCC3)c2N1. The van der Waals surface area contributed by atoms with Gasteiger partial charge in [0.1, 0.15) is 5.82 Å². The van der Waals surface area contributed by atoms with Gasteiger partial charge in [-0.2, -0.15) is 16.4 Å². The van der Waals surface area contributed by atoms with Gasteiger partial charge in [0.05, 0.1) is 12.2 Å². The van der Waals surface area contributed by atoms with E-state index in [-0.39, 0.29) is 11.8 Å². The lowest BCUT2D eigenvalue weighted by Crippen LogP contribution is -2.25. The maximum Gasteiger partial charge on any atom is 0.226 e. The molecule has 2 aromatic rings. The van der Waals surface area contributed by atoms with Crippen molar-refractivity contribution < 1.29 is 4.79 Å². The maximum absolute atomic E-state index is 12.0. The van der Waals surface area contributed by atoms with Gasteiger partial charge >= 0.3 is 0 Å². The van der Waals surface area contributed by atoms with Crippen LogP contribution in [0, 0.1) is 0 Å². The number of anilines is 1. The van der Waals surface area contributed by atoms with Crippen LogP contribution in [-0.2, 0) is 4.79 Å². The molecule has 1 amide bonds. The molecule has 3 heterocycles. The van der Waals surface area contributed by atoms with Crippen molar-refractivity contribution >= 4 is 23.1 Å². The fourth-order valence-electron chi connectivity index (χ4n) is 3.43. The van der Waals surface area contributed by atoms with Gasteiger partial charge in [0.25, 0.3) is 0 Å². The standard InChI is InChI=1S/C15H17N3OS/c19-14-7-12(10-5-6-20-9-10)13-8-16-18(15(13)17-14)11-3-1-2-4-11/h5-6,8-9,11-12H,1-4,7H2,(H,17,19). The number of hydrogen-bond donors (Lipinski definition) is 1. The number of aromatic nitrogens is 2. The highest BCUT2D eigenvalue weighted by molar-refractivity contribution is 7.08. The van der Waals surface area contributed by atoms with E-state index in [9.17, 15) is 4.79 Å². The molecule has 0 saturated heterocycles. The predicted octanol–water partition coefficient (Wildman–Crippen LogP) is 3.53. The second-order valence-corrected chi connectivity index (χ2v) is 6.47. The van der Waals surface area contributed by atoms with E-state index < -0.39 is 0 Å². The minimum Gasteiger partial charge on any atom is -0.311 e. The number of carbonyl (C=O) groups excluding carboxylic acids is 1. The lowest BCUT2D eigenvalue weighted by Gasteiger charge is -2.24. The van der Waals surface area contributed by atoms with Gasteiger partial charge in [-0.3, -0.25) is 4.79 Å². The van der Waals surface area contributed by atoms with Crippen molar-refractivity contribution in [1.82, 2.24) is 9.78 Å². The molecule has 0 aromatic carbocycles. The zero-order valence-electron chi connectivity index (χ0n) is 11.2. The van der Waals surface area contributed by atoms with E-state index in [1.807, 2.05) is 6.20 Å². The van der Waals surface area contributed by atoms with Gasteiger partial charge in [-0.25, -0.2) is 4.68 Å². The number of rotatable bonds is 2. The fraction of sp³-hybridized carbons (Fsp3) is 0.467. The van der Waals surface area contributed by atoms with E-state index in [1.54, 1.807) is 11.3 Å². The van der Waals surface area contributed by atoms with Crippen molar-refractivity contribution in [3.05, 3.63) is 34.2 Å². The summed E-state index contributed by atoms with van der Waals surface area (Å²) in [6, 6.07) is 2.57. The van der Waals surface area contributed by atoms with Crippen molar-refractivity contribution in [1.29, 1.82) is 0 Å². The highest BCUT2D eigenvalue weighted by Crippen LogP contribution is 2.41. The van der Waals surface area contributed by atoms with Crippen LogP contribution in [-0.4, -0.2) is 15.7 Å². The maximum atomic E-state index is 12.0.